The average molecular weight is 694 g/mol. The first-order chi connectivity index (χ1) is 23.8. The summed E-state index contributed by atoms with van der Waals surface area (Å²) in [6.07, 6.45) is 7.11. The fourth-order valence-corrected chi connectivity index (χ4v) is 9.07. The van der Waals surface area contributed by atoms with Gasteiger partial charge in [0.1, 0.15) is 12.1 Å². The molecule has 9 nitrogen and oxygen atoms in total. The van der Waals surface area contributed by atoms with Gasteiger partial charge in [0.05, 0.1) is 44.0 Å². The zero-order chi connectivity index (χ0) is 34.5. The van der Waals surface area contributed by atoms with E-state index >= 15 is 4.39 Å². The Balaban J connectivity index is 1.17. The molecule has 3 heterocycles. The van der Waals surface area contributed by atoms with Gasteiger partial charge in [-0.3, -0.25) is 14.5 Å². The largest absolute Gasteiger partial charge is 0.383 e. The molecule has 11 heteroatoms. The van der Waals surface area contributed by atoms with E-state index in [1.54, 1.807) is 20.3 Å². The number of hydrogen-bond acceptors (Lipinski definition) is 8. The van der Waals surface area contributed by atoms with Crippen LogP contribution in [-0.4, -0.2) is 98.8 Å². The van der Waals surface area contributed by atoms with Crippen LogP contribution in [0.2, 0.25) is 0 Å². The number of methoxy groups -OCH3 is 2. The van der Waals surface area contributed by atoms with E-state index in [-0.39, 0.29) is 54.4 Å². The van der Waals surface area contributed by atoms with Gasteiger partial charge in [-0.05, 0) is 75.1 Å². The number of aldehydes is 1. The summed E-state index contributed by atoms with van der Waals surface area (Å²) in [4.78, 5) is 42.9. The van der Waals surface area contributed by atoms with Gasteiger partial charge >= 0.3 is 0 Å². The van der Waals surface area contributed by atoms with Crippen LogP contribution in [0.5, 0.6) is 0 Å². The molecule has 264 valence electrons. The van der Waals surface area contributed by atoms with Crippen molar-refractivity contribution in [1.82, 2.24) is 9.80 Å². The smallest absolute Gasteiger partial charge is 0.257 e. The molecule has 0 spiro atoms. The molecule has 0 radical (unpaired) electrons. The van der Waals surface area contributed by atoms with Gasteiger partial charge in [0.25, 0.3) is 5.91 Å². The predicted octanol–water partition coefficient (Wildman–Crippen LogP) is 6.01. The lowest BCUT2D eigenvalue weighted by Gasteiger charge is -2.35. The molecule has 0 bridgehead atoms. The van der Waals surface area contributed by atoms with E-state index in [1.165, 1.54) is 17.4 Å². The number of rotatable bonds is 13. The molecule has 2 amide bonds. The summed E-state index contributed by atoms with van der Waals surface area (Å²) in [5, 5.41) is 5.55. The first-order valence-electron chi connectivity index (χ1n) is 17.5. The lowest BCUT2D eigenvalue weighted by Crippen LogP contribution is -2.49. The Bertz CT molecular complexity index is 1610. The number of fused-ring (bicyclic) bond motifs is 1. The number of halogens is 1. The number of nitrogens with zero attached hydrogens (tertiary/aromatic N) is 2. The third-order valence-corrected chi connectivity index (χ3v) is 11.6. The highest BCUT2D eigenvalue weighted by Crippen LogP contribution is 2.35. The number of carbonyl (C=O) groups excluding carboxylic acids is 3. The van der Waals surface area contributed by atoms with E-state index in [9.17, 15) is 14.4 Å². The van der Waals surface area contributed by atoms with Crippen LogP contribution in [0.25, 0.3) is 10.1 Å². The average Bonchev–Trinajstić information content (AvgIpc) is 3.83. The maximum Gasteiger partial charge on any atom is 0.257 e. The standard InChI is InChI=1S/C38H48FN3O6S/c1-24-14-26(34(39)17-35(24)40-38(45)33-23-49-36-7-5-4-6-32(33)36)15-37(44)41-18-29(42-27(20-46-2)10-11-28(42)21-47-3)16-30(41)22-48-31-12-8-25(19-43)9-13-31/h4-7,14,17,19,23,25,27-31H,8-13,15-16,18,20-22H2,1-3H3,(H,40,45)/t25?,27-,28-,29+,30+,31?/m1/s1. The molecule has 0 unspecified atom stereocenters. The molecule has 3 fully saturated rings. The van der Waals surface area contributed by atoms with Crippen LogP contribution in [0.3, 0.4) is 0 Å². The molecule has 6 rings (SSSR count). The van der Waals surface area contributed by atoms with Crippen LogP contribution < -0.4 is 5.32 Å². The van der Waals surface area contributed by atoms with Crippen LogP contribution >= 0.6 is 11.3 Å². The number of amides is 2. The van der Waals surface area contributed by atoms with Crippen molar-refractivity contribution in [2.75, 3.05) is 45.9 Å². The summed E-state index contributed by atoms with van der Waals surface area (Å²) in [5.74, 6) is -0.867. The minimum Gasteiger partial charge on any atom is -0.383 e. The highest BCUT2D eigenvalue weighted by atomic mass is 32.1. The van der Waals surface area contributed by atoms with Crippen LogP contribution in [0.1, 0.15) is 66.4 Å². The monoisotopic (exact) mass is 693 g/mol. The van der Waals surface area contributed by atoms with Gasteiger partial charge in [0.15, 0.2) is 0 Å². The van der Waals surface area contributed by atoms with Gasteiger partial charge < -0.3 is 29.2 Å². The van der Waals surface area contributed by atoms with E-state index in [0.29, 0.717) is 48.7 Å². The summed E-state index contributed by atoms with van der Waals surface area (Å²) in [5.41, 5.74) is 1.91. The van der Waals surface area contributed by atoms with E-state index in [2.05, 4.69) is 10.2 Å². The molecular weight excluding hydrogens is 645 g/mol. The first kappa shape index (κ1) is 35.6. The number of thiophene rings is 1. The van der Waals surface area contributed by atoms with Crippen molar-refractivity contribution in [2.45, 2.75) is 88.6 Å². The summed E-state index contributed by atoms with van der Waals surface area (Å²) < 4.78 is 34.3. The lowest BCUT2D eigenvalue weighted by atomic mass is 9.88. The number of ether oxygens (including phenoxy) is 3. The summed E-state index contributed by atoms with van der Waals surface area (Å²) >= 11 is 1.49. The van der Waals surface area contributed by atoms with Gasteiger partial charge in [-0.2, -0.15) is 0 Å². The summed E-state index contributed by atoms with van der Waals surface area (Å²) in [7, 11) is 3.44. The Morgan fingerprint density at radius 3 is 2.39 bits per heavy atom. The second-order valence-electron chi connectivity index (χ2n) is 13.9. The fourth-order valence-electron chi connectivity index (χ4n) is 8.13. The minimum absolute atomic E-state index is 0.0661. The van der Waals surface area contributed by atoms with Crippen molar-refractivity contribution in [2.24, 2.45) is 5.92 Å². The lowest BCUT2D eigenvalue weighted by molar-refractivity contribution is -0.133. The summed E-state index contributed by atoms with van der Waals surface area (Å²) in [6.45, 7) is 3.97. The Hall–Kier alpha value is -3.22. The van der Waals surface area contributed by atoms with Crippen molar-refractivity contribution in [3.63, 3.8) is 0 Å². The molecule has 2 aromatic carbocycles. The number of nitrogens with one attached hydrogen (secondary N) is 1. The van der Waals surface area contributed by atoms with E-state index < -0.39 is 5.82 Å². The molecule has 1 N–H and O–H groups in total. The maximum absolute atomic E-state index is 15.7. The Kier molecular flexibility index (Phi) is 11.8. The molecule has 1 aliphatic carbocycles. The Morgan fingerprint density at radius 1 is 0.980 bits per heavy atom. The van der Waals surface area contributed by atoms with Crippen molar-refractivity contribution in [3.8, 4) is 0 Å². The zero-order valence-corrected chi connectivity index (χ0v) is 29.5. The van der Waals surface area contributed by atoms with Crippen LogP contribution in [-0.2, 0) is 30.2 Å². The quantitative estimate of drug-likeness (QED) is 0.219. The predicted molar refractivity (Wildman–Crippen MR) is 189 cm³/mol. The SMILES string of the molecule is COC[C@H]1CC[C@H](COC)N1[C@H]1C[C@@H](COC2CCC(C=O)CC2)N(C(=O)Cc2cc(C)c(NC(=O)c3csc4ccccc34)cc2F)C1. The number of aryl methyl sites for hydroxylation is 1. The Labute approximate surface area is 292 Å². The van der Waals surface area contributed by atoms with E-state index in [0.717, 1.165) is 61.3 Å². The third-order valence-electron chi connectivity index (χ3n) is 10.7. The fraction of sp³-hybridized carbons (Fsp3) is 0.553. The number of carbonyl (C=O) groups is 3. The molecule has 2 aliphatic heterocycles. The van der Waals surface area contributed by atoms with Crippen molar-refractivity contribution < 1.29 is 33.0 Å². The summed E-state index contributed by atoms with van der Waals surface area (Å²) in [6, 6.07) is 11.1. The van der Waals surface area contributed by atoms with Crippen molar-refractivity contribution in [3.05, 3.63) is 64.3 Å². The number of anilines is 1. The van der Waals surface area contributed by atoms with Gasteiger partial charge in [-0.25, -0.2) is 4.39 Å². The molecular formula is C38H48FN3O6S. The second kappa shape index (κ2) is 16.2. The Morgan fingerprint density at radius 2 is 1.69 bits per heavy atom. The minimum atomic E-state index is -0.528. The van der Waals surface area contributed by atoms with Gasteiger partial charge in [-0.1, -0.05) is 24.3 Å². The van der Waals surface area contributed by atoms with Gasteiger partial charge in [-0.15, -0.1) is 11.3 Å². The third kappa shape index (κ3) is 8.07. The van der Waals surface area contributed by atoms with Gasteiger partial charge in [0.2, 0.25) is 5.91 Å². The number of benzene rings is 2. The van der Waals surface area contributed by atoms with Crippen molar-refractivity contribution >= 4 is 45.2 Å². The number of likely N-dealkylation sites (tertiary alicyclic amines) is 2. The second-order valence-corrected chi connectivity index (χ2v) is 14.8. The molecule has 4 atom stereocenters. The molecule has 1 aromatic heterocycles. The highest BCUT2D eigenvalue weighted by molar-refractivity contribution is 7.17. The first-order valence-corrected chi connectivity index (χ1v) is 18.4. The highest BCUT2D eigenvalue weighted by Gasteiger charge is 2.45. The van der Waals surface area contributed by atoms with Gasteiger partial charge in [0, 0.05) is 66.0 Å². The van der Waals surface area contributed by atoms with E-state index in [4.69, 9.17) is 14.2 Å². The van der Waals surface area contributed by atoms with Crippen LogP contribution in [0, 0.1) is 18.7 Å². The molecule has 1 saturated carbocycles. The molecule has 3 aliphatic rings. The molecule has 3 aromatic rings. The maximum atomic E-state index is 15.7. The zero-order valence-electron chi connectivity index (χ0n) is 28.7. The van der Waals surface area contributed by atoms with Crippen molar-refractivity contribution in [1.29, 1.82) is 0 Å². The molecule has 49 heavy (non-hydrogen) atoms. The normalized spacial score (nSPS) is 26.0. The van der Waals surface area contributed by atoms with E-state index in [1.807, 2.05) is 41.5 Å². The van der Waals surface area contributed by atoms with Crippen LogP contribution in [0.4, 0.5) is 10.1 Å². The number of hydrogen-bond donors (Lipinski definition) is 1. The molecule has 2 saturated heterocycles. The topological polar surface area (TPSA) is 97.4 Å². The van der Waals surface area contributed by atoms with Crippen LogP contribution in [0.15, 0.2) is 41.8 Å².